The largest absolute Gasteiger partial charge is 2.00 e. The zero-order valence-corrected chi connectivity index (χ0v) is 13.9. The van der Waals surface area contributed by atoms with E-state index in [-0.39, 0.29) is 19.5 Å². The molecule has 2 heteroatoms. The number of hydrogen-bond donors (Lipinski definition) is 0. The fourth-order valence-electron chi connectivity index (χ4n) is 0.833. The second kappa shape index (κ2) is 8.91. The molecule has 0 aliphatic heterocycles. The molecule has 0 amide bonds. The Balaban J connectivity index is 0. The maximum absolute atomic E-state index is 3.07. The van der Waals surface area contributed by atoms with Crippen molar-refractivity contribution in [3.05, 3.63) is 35.7 Å². The van der Waals surface area contributed by atoms with Crippen molar-refractivity contribution in [2.24, 2.45) is 0 Å². The van der Waals surface area contributed by atoms with Gasteiger partial charge in [-0.05, 0) is 14.1 Å². The Morgan fingerprint density at radius 2 is 1.60 bits per heavy atom. The Labute approximate surface area is 108 Å². The van der Waals surface area contributed by atoms with Crippen LogP contribution >= 0.6 is 0 Å². The number of anilines is 1. The molecular formula is C13H21NZn. The van der Waals surface area contributed by atoms with Crippen LogP contribution in [0.4, 0.5) is 5.69 Å². The van der Waals surface area contributed by atoms with Gasteiger partial charge in [0.1, 0.15) is 0 Å². The summed E-state index contributed by atoms with van der Waals surface area (Å²) in [6.45, 7) is 8.32. The van der Waals surface area contributed by atoms with E-state index in [1.807, 2.05) is 26.2 Å². The maximum atomic E-state index is 3.07. The normalized spacial score (nSPS) is 8.73. The summed E-state index contributed by atoms with van der Waals surface area (Å²) in [6.07, 6.45) is 0. The third-order valence-corrected chi connectivity index (χ3v) is 1.43. The Kier molecular flexibility index (Phi) is 10.1. The van der Waals surface area contributed by atoms with E-state index >= 15 is 0 Å². The number of benzene rings is 1. The molecule has 0 aromatic heterocycles. The summed E-state index contributed by atoms with van der Waals surface area (Å²) in [6, 6.07) is 9.16. The molecule has 1 nitrogen and oxygen atoms in total. The SMILES string of the molecule is C[C-](C)C.Cc1c[c-]cc(N(C)C)c1.[Zn+2]. The van der Waals surface area contributed by atoms with Crippen LogP contribution in [-0.4, -0.2) is 14.1 Å². The summed E-state index contributed by atoms with van der Waals surface area (Å²) < 4.78 is 0. The van der Waals surface area contributed by atoms with Gasteiger partial charge in [-0.1, -0.05) is 12.6 Å². The number of aryl methyl sites for hydroxylation is 1. The molecule has 80 valence electrons. The summed E-state index contributed by atoms with van der Waals surface area (Å²) in [5, 5.41) is 0. The van der Waals surface area contributed by atoms with Crippen LogP contribution in [0.15, 0.2) is 18.2 Å². The van der Waals surface area contributed by atoms with E-state index in [0.29, 0.717) is 0 Å². The van der Waals surface area contributed by atoms with E-state index in [1.165, 1.54) is 17.2 Å². The summed E-state index contributed by atoms with van der Waals surface area (Å²) >= 11 is 0. The zero-order valence-electron chi connectivity index (χ0n) is 10.9. The van der Waals surface area contributed by atoms with E-state index < -0.39 is 0 Å². The molecule has 0 aliphatic rings. The summed E-state index contributed by atoms with van der Waals surface area (Å²) in [5.41, 5.74) is 2.46. The van der Waals surface area contributed by atoms with Crippen molar-refractivity contribution in [3.8, 4) is 0 Å². The number of nitrogens with zero attached hydrogens (tertiary/aromatic N) is 1. The van der Waals surface area contributed by atoms with Crippen LogP contribution in [-0.2, 0) is 19.5 Å². The molecule has 0 bridgehead atoms. The van der Waals surface area contributed by atoms with Crippen molar-refractivity contribution < 1.29 is 19.5 Å². The average Bonchev–Trinajstić information content (AvgIpc) is 2.03. The van der Waals surface area contributed by atoms with Crippen molar-refractivity contribution in [1.29, 1.82) is 0 Å². The Morgan fingerprint density at radius 3 is 1.87 bits per heavy atom. The van der Waals surface area contributed by atoms with E-state index in [1.54, 1.807) is 0 Å². The van der Waals surface area contributed by atoms with Gasteiger partial charge in [-0.15, -0.1) is 6.07 Å². The second-order valence-corrected chi connectivity index (χ2v) is 4.16. The third-order valence-electron chi connectivity index (χ3n) is 1.43. The van der Waals surface area contributed by atoms with Gasteiger partial charge in [-0.25, -0.2) is 0 Å². The molecule has 0 saturated heterocycles. The first-order valence-electron chi connectivity index (χ1n) is 4.85. The van der Waals surface area contributed by atoms with E-state index in [4.69, 9.17) is 0 Å². The zero-order chi connectivity index (χ0) is 11.1. The fourth-order valence-corrected chi connectivity index (χ4v) is 0.833. The Morgan fingerprint density at radius 1 is 1.13 bits per heavy atom. The van der Waals surface area contributed by atoms with Crippen molar-refractivity contribution in [2.45, 2.75) is 27.7 Å². The van der Waals surface area contributed by atoms with Crippen molar-refractivity contribution in [1.82, 2.24) is 0 Å². The van der Waals surface area contributed by atoms with Gasteiger partial charge in [0.15, 0.2) is 0 Å². The molecule has 0 heterocycles. The topological polar surface area (TPSA) is 3.24 Å². The second-order valence-electron chi connectivity index (χ2n) is 4.16. The first-order chi connectivity index (χ1) is 6.43. The molecule has 1 aromatic carbocycles. The van der Waals surface area contributed by atoms with Crippen molar-refractivity contribution >= 4 is 5.69 Å². The molecule has 0 spiro atoms. The molecule has 1 aromatic rings. The standard InChI is InChI=1S/C9H12N.C4H9.Zn/c1-8-5-4-6-9(7-8)10(2)3;1-4(2)3;/h5-7H,1-3H3;1-3H3;/q2*-1;+2. The molecule has 0 aliphatic carbocycles. The maximum Gasteiger partial charge on any atom is 2.00 e. The minimum Gasteiger partial charge on any atom is -0.429 e. The smallest absolute Gasteiger partial charge is 0.429 e. The van der Waals surface area contributed by atoms with Gasteiger partial charge in [0, 0.05) is 0 Å². The predicted molar refractivity (Wildman–Crippen MR) is 64.6 cm³/mol. The van der Waals surface area contributed by atoms with Gasteiger partial charge in [0.05, 0.1) is 0 Å². The van der Waals surface area contributed by atoms with Crippen LogP contribution in [0.2, 0.25) is 0 Å². The van der Waals surface area contributed by atoms with Crippen LogP contribution in [0.1, 0.15) is 26.3 Å². The number of rotatable bonds is 1. The summed E-state index contributed by atoms with van der Waals surface area (Å²) in [5.74, 6) is 1.42. The molecular weight excluding hydrogens is 236 g/mol. The Hall–Kier alpha value is -0.357. The Bertz CT molecular complexity index is 254. The van der Waals surface area contributed by atoms with Gasteiger partial charge in [-0.3, -0.25) is 0 Å². The first-order valence-corrected chi connectivity index (χ1v) is 4.85. The van der Waals surface area contributed by atoms with Gasteiger partial charge in [0.2, 0.25) is 0 Å². The van der Waals surface area contributed by atoms with Gasteiger partial charge < -0.3 is 10.8 Å². The van der Waals surface area contributed by atoms with E-state index in [9.17, 15) is 0 Å². The van der Waals surface area contributed by atoms with Crippen molar-refractivity contribution in [3.63, 3.8) is 0 Å². The van der Waals surface area contributed by atoms with Crippen molar-refractivity contribution in [2.75, 3.05) is 19.0 Å². The van der Waals surface area contributed by atoms with Crippen LogP contribution in [0.3, 0.4) is 0 Å². The van der Waals surface area contributed by atoms with Crippen LogP contribution < -0.4 is 4.90 Å². The number of hydrogen-bond acceptors (Lipinski definition) is 1. The molecule has 0 saturated carbocycles. The minimum absolute atomic E-state index is 0. The fraction of sp³-hybridized carbons (Fsp3) is 0.462. The molecule has 0 atom stereocenters. The van der Waals surface area contributed by atoms with E-state index in [2.05, 4.69) is 44.7 Å². The first kappa shape index (κ1) is 17.1. The van der Waals surface area contributed by atoms with Crippen LogP contribution in [0.25, 0.3) is 0 Å². The molecule has 15 heavy (non-hydrogen) atoms. The predicted octanol–water partition coefficient (Wildman–Crippen LogP) is 3.48. The summed E-state index contributed by atoms with van der Waals surface area (Å²) in [4.78, 5) is 2.07. The van der Waals surface area contributed by atoms with Crippen LogP contribution in [0.5, 0.6) is 0 Å². The van der Waals surface area contributed by atoms with Gasteiger partial charge in [0.25, 0.3) is 0 Å². The molecule has 0 N–H and O–H groups in total. The quantitative estimate of drug-likeness (QED) is 0.549. The van der Waals surface area contributed by atoms with Gasteiger partial charge in [-0.2, -0.15) is 44.5 Å². The summed E-state index contributed by atoms with van der Waals surface area (Å²) in [7, 11) is 4.06. The van der Waals surface area contributed by atoms with Crippen LogP contribution in [0, 0.1) is 18.9 Å². The van der Waals surface area contributed by atoms with Gasteiger partial charge >= 0.3 is 19.5 Å². The monoisotopic (exact) mass is 255 g/mol. The average molecular weight is 257 g/mol. The minimum atomic E-state index is 0. The molecule has 0 radical (unpaired) electrons. The molecule has 1 rings (SSSR count). The molecule has 0 fully saturated rings. The molecule has 0 unspecified atom stereocenters. The van der Waals surface area contributed by atoms with E-state index in [0.717, 1.165) is 0 Å². The third kappa shape index (κ3) is 9.94.